The molecule has 0 bridgehead atoms. The molecule has 0 N–H and O–H groups in total. The second-order valence-corrected chi connectivity index (χ2v) is 6.23. The van der Waals surface area contributed by atoms with E-state index in [-0.39, 0.29) is 5.91 Å². The van der Waals surface area contributed by atoms with E-state index < -0.39 is 0 Å². The number of methoxy groups -OCH3 is 1. The van der Waals surface area contributed by atoms with Crippen molar-refractivity contribution in [2.24, 2.45) is 0 Å². The molecular weight excluding hydrogens is 322 g/mol. The van der Waals surface area contributed by atoms with Crippen LogP contribution in [0.15, 0.2) is 53.4 Å². The molecule has 0 saturated carbocycles. The maximum atomic E-state index is 12.2. The molecule has 0 fully saturated rings. The molecule has 2 rings (SSSR count). The van der Waals surface area contributed by atoms with Crippen molar-refractivity contribution in [2.75, 3.05) is 27.0 Å². The second kappa shape index (κ2) is 9.23. The molecule has 0 unspecified atom stereocenters. The van der Waals surface area contributed by atoms with Crippen molar-refractivity contribution in [1.29, 1.82) is 0 Å². The number of ether oxygens (including phenoxy) is 2. The number of carbonyl (C=O) groups excluding carboxylic acids is 1. The standard InChI is InChI=1S/C19H23NO3S/c1-20(14-15-8-10-16(24-3)11-9-15)19(21)12-13-23-18-7-5-4-6-17(18)22-2/h4-11H,12-14H2,1-3H3. The summed E-state index contributed by atoms with van der Waals surface area (Å²) in [5.41, 5.74) is 1.12. The van der Waals surface area contributed by atoms with Crippen molar-refractivity contribution in [3.05, 3.63) is 54.1 Å². The molecular formula is C19H23NO3S. The van der Waals surface area contributed by atoms with Gasteiger partial charge < -0.3 is 14.4 Å². The summed E-state index contributed by atoms with van der Waals surface area (Å²) in [5, 5.41) is 0. The lowest BCUT2D eigenvalue weighted by molar-refractivity contribution is -0.130. The molecule has 128 valence electrons. The SMILES string of the molecule is COc1ccccc1OCCC(=O)N(C)Cc1ccc(SC)cc1. The summed E-state index contributed by atoms with van der Waals surface area (Å²) >= 11 is 1.71. The lowest BCUT2D eigenvalue weighted by atomic mass is 10.2. The summed E-state index contributed by atoms with van der Waals surface area (Å²) in [7, 11) is 3.41. The van der Waals surface area contributed by atoms with E-state index in [0.29, 0.717) is 31.1 Å². The average molecular weight is 345 g/mol. The third-order valence-corrected chi connectivity index (χ3v) is 4.39. The summed E-state index contributed by atoms with van der Waals surface area (Å²) < 4.78 is 10.9. The van der Waals surface area contributed by atoms with Gasteiger partial charge in [0.05, 0.1) is 20.1 Å². The minimum absolute atomic E-state index is 0.0545. The molecule has 4 nitrogen and oxygen atoms in total. The quantitative estimate of drug-likeness (QED) is 0.681. The molecule has 0 aliphatic carbocycles. The number of rotatable bonds is 8. The largest absolute Gasteiger partial charge is 0.493 e. The first kappa shape index (κ1) is 18.2. The van der Waals surface area contributed by atoms with Gasteiger partial charge in [0.1, 0.15) is 0 Å². The summed E-state index contributed by atoms with van der Waals surface area (Å²) in [6, 6.07) is 15.7. The first-order valence-corrected chi connectivity index (χ1v) is 8.99. The van der Waals surface area contributed by atoms with Crippen molar-refractivity contribution >= 4 is 17.7 Å². The molecule has 0 heterocycles. The zero-order valence-electron chi connectivity index (χ0n) is 14.3. The number of nitrogens with zero attached hydrogens (tertiary/aromatic N) is 1. The highest BCUT2D eigenvalue weighted by atomic mass is 32.2. The van der Waals surface area contributed by atoms with Crippen molar-refractivity contribution in [3.8, 4) is 11.5 Å². The smallest absolute Gasteiger partial charge is 0.226 e. The Kier molecular flexibility index (Phi) is 7.00. The highest BCUT2D eigenvalue weighted by Gasteiger charge is 2.10. The van der Waals surface area contributed by atoms with Crippen molar-refractivity contribution < 1.29 is 14.3 Å². The van der Waals surface area contributed by atoms with Crippen LogP contribution in [0.5, 0.6) is 11.5 Å². The van der Waals surface area contributed by atoms with Crippen LogP contribution in [-0.4, -0.2) is 37.8 Å². The van der Waals surface area contributed by atoms with E-state index in [4.69, 9.17) is 9.47 Å². The zero-order chi connectivity index (χ0) is 17.4. The Bertz CT molecular complexity index is 658. The van der Waals surface area contributed by atoms with E-state index in [1.807, 2.05) is 37.6 Å². The second-order valence-electron chi connectivity index (χ2n) is 5.35. The predicted octanol–water partition coefficient (Wildman–Crippen LogP) is 3.84. The molecule has 24 heavy (non-hydrogen) atoms. The molecule has 0 aliphatic heterocycles. The van der Waals surface area contributed by atoms with Gasteiger partial charge in [-0.25, -0.2) is 0 Å². The number of hydrogen-bond donors (Lipinski definition) is 0. The molecule has 0 aliphatic rings. The monoisotopic (exact) mass is 345 g/mol. The molecule has 0 atom stereocenters. The lowest BCUT2D eigenvalue weighted by Crippen LogP contribution is -2.27. The van der Waals surface area contributed by atoms with Crippen LogP contribution in [0, 0.1) is 0 Å². The maximum Gasteiger partial charge on any atom is 0.226 e. The normalized spacial score (nSPS) is 10.3. The topological polar surface area (TPSA) is 38.8 Å². The van der Waals surface area contributed by atoms with Crippen LogP contribution in [0.3, 0.4) is 0 Å². The Hall–Kier alpha value is -2.14. The first-order valence-electron chi connectivity index (χ1n) is 7.76. The van der Waals surface area contributed by atoms with Crippen LogP contribution in [0.4, 0.5) is 0 Å². The van der Waals surface area contributed by atoms with Gasteiger partial charge in [-0.3, -0.25) is 4.79 Å². The molecule has 2 aromatic carbocycles. The number of para-hydroxylation sites is 2. The van der Waals surface area contributed by atoms with Gasteiger partial charge in [0.2, 0.25) is 5.91 Å². The lowest BCUT2D eigenvalue weighted by Gasteiger charge is -2.18. The van der Waals surface area contributed by atoms with Gasteiger partial charge in [-0.15, -0.1) is 11.8 Å². The van der Waals surface area contributed by atoms with E-state index in [2.05, 4.69) is 24.3 Å². The molecule has 5 heteroatoms. The predicted molar refractivity (Wildman–Crippen MR) is 97.8 cm³/mol. The van der Waals surface area contributed by atoms with Crippen LogP contribution in [0.25, 0.3) is 0 Å². The molecule has 1 amide bonds. The number of benzene rings is 2. The highest BCUT2D eigenvalue weighted by molar-refractivity contribution is 7.98. The van der Waals surface area contributed by atoms with Crippen molar-refractivity contribution in [3.63, 3.8) is 0 Å². The van der Waals surface area contributed by atoms with E-state index >= 15 is 0 Å². The number of hydrogen-bond acceptors (Lipinski definition) is 4. The Morgan fingerprint density at radius 3 is 2.38 bits per heavy atom. The molecule has 0 spiro atoms. The van der Waals surface area contributed by atoms with Gasteiger partial charge in [-0.1, -0.05) is 24.3 Å². The number of thioether (sulfide) groups is 1. The van der Waals surface area contributed by atoms with Gasteiger partial charge in [-0.05, 0) is 36.1 Å². The van der Waals surface area contributed by atoms with E-state index in [1.54, 1.807) is 23.8 Å². The van der Waals surface area contributed by atoms with Crippen LogP contribution in [0.2, 0.25) is 0 Å². The fraction of sp³-hybridized carbons (Fsp3) is 0.316. The summed E-state index contributed by atoms with van der Waals surface area (Å²) in [6.07, 6.45) is 2.38. The third-order valence-electron chi connectivity index (χ3n) is 3.65. The third kappa shape index (κ3) is 5.20. The Balaban J connectivity index is 1.80. The van der Waals surface area contributed by atoms with Gasteiger partial charge >= 0.3 is 0 Å². The van der Waals surface area contributed by atoms with Gasteiger partial charge in [-0.2, -0.15) is 0 Å². The first-order chi connectivity index (χ1) is 11.6. The maximum absolute atomic E-state index is 12.2. The number of amides is 1. The average Bonchev–Trinajstić information content (AvgIpc) is 2.62. The van der Waals surface area contributed by atoms with Gasteiger partial charge in [0.15, 0.2) is 11.5 Å². The molecule has 0 aromatic heterocycles. The van der Waals surface area contributed by atoms with Crippen molar-refractivity contribution in [2.45, 2.75) is 17.9 Å². The van der Waals surface area contributed by atoms with E-state index in [1.165, 1.54) is 4.90 Å². The van der Waals surface area contributed by atoms with Crippen LogP contribution in [-0.2, 0) is 11.3 Å². The Morgan fingerprint density at radius 1 is 1.08 bits per heavy atom. The van der Waals surface area contributed by atoms with E-state index in [9.17, 15) is 4.79 Å². The Labute approximate surface area is 147 Å². The fourth-order valence-electron chi connectivity index (χ4n) is 2.27. The van der Waals surface area contributed by atoms with Crippen LogP contribution < -0.4 is 9.47 Å². The number of carbonyl (C=O) groups is 1. The Morgan fingerprint density at radius 2 is 1.75 bits per heavy atom. The van der Waals surface area contributed by atoms with Gasteiger partial charge in [0, 0.05) is 18.5 Å². The van der Waals surface area contributed by atoms with Gasteiger partial charge in [0.25, 0.3) is 0 Å². The fourth-order valence-corrected chi connectivity index (χ4v) is 2.68. The summed E-state index contributed by atoms with van der Waals surface area (Å²) in [4.78, 5) is 15.2. The summed E-state index contributed by atoms with van der Waals surface area (Å²) in [5.74, 6) is 1.38. The minimum atomic E-state index is 0.0545. The minimum Gasteiger partial charge on any atom is -0.493 e. The van der Waals surface area contributed by atoms with Crippen LogP contribution >= 0.6 is 11.8 Å². The van der Waals surface area contributed by atoms with Crippen molar-refractivity contribution in [1.82, 2.24) is 4.90 Å². The molecule has 0 saturated heterocycles. The highest BCUT2D eigenvalue weighted by Crippen LogP contribution is 2.25. The molecule has 0 radical (unpaired) electrons. The zero-order valence-corrected chi connectivity index (χ0v) is 15.1. The van der Waals surface area contributed by atoms with Crippen LogP contribution in [0.1, 0.15) is 12.0 Å². The summed E-state index contributed by atoms with van der Waals surface area (Å²) in [6.45, 7) is 0.928. The van der Waals surface area contributed by atoms with E-state index in [0.717, 1.165) is 5.56 Å². The molecule has 2 aromatic rings.